The zero-order chi connectivity index (χ0) is 14.7. The number of anilines is 1. The normalized spacial score (nSPS) is 10.3. The number of nitrogen functional groups attached to an aromatic ring is 1. The minimum absolute atomic E-state index is 0.0307. The third-order valence-corrected chi connectivity index (χ3v) is 3.65. The van der Waals surface area contributed by atoms with Crippen molar-refractivity contribution in [1.29, 1.82) is 0 Å². The Hall–Kier alpha value is -1.81. The van der Waals surface area contributed by atoms with E-state index in [0.29, 0.717) is 23.4 Å². The molecule has 0 saturated heterocycles. The number of rotatable bonds is 4. The molecule has 0 saturated carbocycles. The topological polar surface area (TPSA) is 52.3 Å². The van der Waals surface area contributed by atoms with Crippen molar-refractivity contribution in [2.45, 2.75) is 13.8 Å². The highest BCUT2D eigenvalue weighted by atomic mass is 79.9. The predicted octanol–water partition coefficient (Wildman–Crippen LogP) is 3.97. The van der Waals surface area contributed by atoms with Crippen molar-refractivity contribution in [1.82, 2.24) is 0 Å². The molecule has 0 amide bonds. The maximum Gasteiger partial charge on any atom is 0.193 e. The summed E-state index contributed by atoms with van der Waals surface area (Å²) >= 11 is 3.42. The molecule has 0 heterocycles. The molecule has 2 rings (SSSR count). The Balaban J connectivity index is 2.33. The van der Waals surface area contributed by atoms with Crippen LogP contribution in [-0.4, -0.2) is 12.4 Å². The second kappa shape index (κ2) is 6.09. The first-order valence-electron chi connectivity index (χ1n) is 6.36. The number of nitrogens with two attached hydrogens (primary N) is 1. The third-order valence-electron chi connectivity index (χ3n) is 3.03. The largest absolute Gasteiger partial charge is 0.493 e. The molecule has 2 aromatic rings. The van der Waals surface area contributed by atoms with E-state index in [1.807, 2.05) is 19.9 Å². The number of aryl methyl sites for hydroxylation is 1. The molecule has 2 aromatic carbocycles. The van der Waals surface area contributed by atoms with E-state index >= 15 is 0 Å². The van der Waals surface area contributed by atoms with E-state index in [9.17, 15) is 4.79 Å². The van der Waals surface area contributed by atoms with Crippen LogP contribution in [0, 0.1) is 6.92 Å². The molecule has 0 aromatic heterocycles. The smallest absolute Gasteiger partial charge is 0.193 e. The van der Waals surface area contributed by atoms with Crippen LogP contribution in [0.4, 0.5) is 5.69 Å². The Morgan fingerprint density at radius 2 is 1.85 bits per heavy atom. The molecule has 0 unspecified atom stereocenters. The first-order valence-corrected chi connectivity index (χ1v) is 7.15. The lowest BCUT2D eigenvalue weighted by molar-refractivity contribution is 0.103. The lowest BCUT2D eigenvalue weighted by Crippen LogP contribution is -2.03. The van der Waals surface area contributed by atoms with Crippen LogP contribution < -0.4 is 10.5 Å². The molecule has 0 aliphatic carbocycles. The van der Waals surface area contributed by atoms with E-state index in [-0.39, 0.29) is 5.78 Å². The summed E-state index contributed by atoms with van der Waals surface area (Å²) in [6, 6.07) is 10.6. The third kappa shape index (κ3) is 3.02. The maximum atomic E-state index is 12.4. The Morgan fingerprint density at radius 1 is 1.20 bits per heavy atom. The molecular formula is C16H16BrNO2. The number of carbonyl (C=O) groups is 1. The SMILES string of the molecule is CCOc1ccc(C(=O)c2ccc(N)c(C)c2)cc1Br. The monoisotopic (exact) mass is 333 g/mol. The number of benzene rings is 2. The van der Waals surface area contributed by atoms with Gasteiger partial charge in [-0.1, -0.05) is 0 Å². The number of ketones is 1. The molecule has 0 fully saturated rings. The Labute approximate surface area is 126 Å². The van der Waals surface area contributed by atoms with Crippen LogP contribution in [0.25, 0.3) is 0 Å². The van der Waals surface area contributed by atoms with Gasteiger partial charge in [0.1, 0.15) is 5.75 Å². The molecule has 0 bridgehead atoms. The second-order valence-corrected chi connectivity index (χ2v) is 5.33. The van der Waals surface area contributed by atoms with Crippen LogP contribution in [0.5, 0.6) is 5.75 Å². The minimum atomic E-state index is -0.0307. The van der Waals surface area contributed by atoms with Crippen molar-refractivity contribution in [3.8, 4) is 5.75 Å². The molecular weight excluding hydrogens is 318 g/mol. The van der Waals surface area contributed by atoms with Gasteiger partial charge >= 0.3 is 0 Å². The molecule has 0 aliphatic heterocycles. The summed E-state index contributed by atoms with van der Waals surface area (Å²) in [5, 5.41) is 0. The van der Waals surface area contributed by atoms with Gasteiger partial charge in [0.2, 0.25) is 0 Å². The number of ether oxygens (including phenoxy) is 1. The van der Waals surface area contributed by atoms with Crippen LogP contribution in [0.15, 0.2) is 40.9 Å². The number of hydrogen-bond acceptors (Lipinski definition) is 3. The number of carbonyl (C=O) groups excluding carboxylic acids is 1. The summed E-state index contributed by atoms with van der Waals surface area (Å²) in [6.07, 6.45) is 0. The van der Waals surface area contributed by atoms with Crippen LogP contribution in [-0.2, 0) is 0 Å². The van der Waals surface area contributed by atoms with Gasteiger partial charge in [-0.2, -0.15) is 0 Å². The molecule has 4 heteroatoms. The average Bonchev–Trinajstić information content (AvgIpc) is 2.43. The summed E-state index contributed by atoms with van der Waals surface area (Å²) in [7, 11) is 0. The zero-order valence-electron chi connectivity index (χ0n) is 11.4. The van der Waals surface area contributed by atoms with Crippen LogP contribution >= 0.6 is 15.9 Å². The molecule has 0 radical (unpaired) electrons. The zero-order valence-corrected chi connectivity index (χ0v) is 13.0. The standard InChI is InChI=1S/C16H16BrNO2/c1-3-20-15-7-5-12(9-13(15)17)16(19)11-4-6-14(18)10(2)8-11/h4-9H,3,18H2,1-2H3. The molecule has 0 atom stereocenters. The van der Waals surface area contributed by atoms with Gasteiger partial charge in [0.25, 0.3) is 0 Å². The highest BCUT2D eigenvalue weighted by Crippen LogP contribution is 2.27. The molecule has 0 aliphatic rings. The van der Waals surface area contributed by atoms with Crippen LogP contribution in [0.2, 0.25) is 0 Å². The molecule has 0 spiro atoms. The van der Waals surface area contributed by atoms with Crippen LogP contribution in [0.1, 0.15) is 28.4 Å². The minimum Gasteiger partial charge on any atom is -0.493 e. The Bertz CT molecular complexity index is 653. The van der Waals surface area contributed by atoms with Crippen molar-refractivity contribution in [2.24, 2.45) is 0 Å². The summed E-state index contributed by atoms with van der Waals surface area (Å²) < 4.78 is 6.21. The molecule has 3 nitrogen and oxygen atoms in total. The summed E-state index contributed by atoms with van der Waals surface area (Å²) in [4.78, 5) is 12.4. The highest BCUT2D eigenvalue weighted by Gasteiger charge is 2.12. The fraction of sp³-hybridized carbons (Fsp3) is 0.188. The van der Waals surface area contributed by atoms with Gasteiger partial charge in [-0.05, 0) is 71.7 Å². The van der Waals surface area contributed by atoms with E-state index in [4.69, 9.17) is 10.5 Å². The fourth-order valence-corrected chi connectivity index (χ4v) is 2.39. The second-order valence-electron chi connectivity index (χ2n) is 4.48. The highest BCUT2D eigenvalue weighted by molar-refractivity contribution is 9.10. The van der Waals surface area contributed by atoms with E-state index in [2.05, 4.69) is 15.9 Å². The lowest BCUT2D eigenvalue weighted by Gasteiger charge is -2.08. The average molecular weight is 334 g/mol. The first-order chi connectivity index (χ1) is 9.52. The van der Waals surface area contributed by atoms with Crippen molar-refractivity contribution in [3.05, 3.63) is 57.6 Å². The lowest BCUT2D eigenvalue weighted by atomic mass is 10.0. The van der Waals surface area contributed by atoms with Crippen molar-refractivity contribution < 1.29 is 9.53 Å². The van der Waals surface area contributed by atoms with Gasteiger partial charge < -0.3 is 10.5 Å². The van der Waals surface area contributed by atoms with E-state index < -0.39 is 0 Å². The summed E-state index contributed by atoms with van der Waals surface area (Å²) in [6.45, 7) is 4.39. The first kappa shape index (κ1) is 14.6. The van der Waals surface area contributed by atoms with Gasteiger partial charge in [0, 0.05) is 16.8 Å². The van der Waals surface area contributed by atoms with Crippen molar-refractivity contribution in [3.63, 3.8) is 0 Å². The quantitative estimate of drug-likeness (QED) is 0.680. The van der Waals surface area contributed by atoms with Gasteiger partial charge in [0.15, 0.2) is 5.78 Å². The van der Waals surface area contributed by atoms with Gasteiger partial charge in [-0.3, -0.25) is 4.79 Å². The van der Waals surface area contributed by atoms with Gasteiger partial charge in [0.05, 0.1) is 11.1 Å². The summed E-state index contributed by atoms with van der Waals surface area (Å²) in [5.41, 5.74) is 8.61. The maximum absolute atomic E-state index is 12.4. The number of hydrogen-bond donors (Lipinski definition) is 1. The molecule has 2 N–H and O–H groups in total. The van der Waals surface area contributed by atoms with E-state index in [1.54, 1.807) is 30.3 Å². The Kier molecular flexibility index (Phi) is 4.45. The van der Waals surface area contributed by atoms with E-state index in [0.717, 1.165) is 15.8 Å². The summed E-state index contributed by atoms with van der Waals surface area (Å²) in [5.74, 6) is 0.703. The van der Waals surface area contributed by atoms with Crippen molar-refractivity contribution >= 4 is 27.4 Å². The van der Waals surface area contributed by atoms with Crippen molar-refractivity contribution in [2.75, 3.05) is 12.3 Å². The van der Waals surface area contributed by atoms with Gasteiger partial charge in [-0.15, -0.1) is 0 Å². The predicted molar refractivity (Wildman–Crippen MR) is 84.3 cm³/mol. The van der Waals surface area contributed by atoms with E-state index in [1.165, 1.54) is 0 Å². The molecule has 104 valence electrons. The fourth-order valence-electron chi connectivity index (χ4n) is 1.90. The van der Waals surface area contributed by atoms with Crippen LogP contribution in [0.3, 0.4) is 0 Å². The Morgan fingerprint density at radius 3 is 2.45 bits per heavy atom. The number of halogens is 1. The molecule has 20 heavy (non-hydrogen) atoms. The van der Waals surface area contributed by atoms with Gasteiger partial charge in [-0.25, -0.2) is 0 Å².